The van der Waals surface area contributed by atoms with Gasteiger partial charge in [0, 0.05) is 20.9 Å². The molecule has 0 spiro atoms. The molecule has 0 bridgehead atoms. The maximum atomic E-state index is 5.00. The smallest absolute Gasteiger partial charge is 0.122 e. The lowest BCUT2D eigenvalue weighted by atomic mass is 10.0. The monoisotopic (exact) mass is 719 g/mol. The van der Waals surface area contributed by atoms with E-state index in [1.165, 1.54) is 130 Å². The summed E-state index contributed by atoms with van der Waals surface area (Å²) in [7, 11) is 0. The molecule has 3 aromatic heterocycles. The van der Waals surface area contributed by atoms with Crippen molar-refractivity contribution in [2.45, 2.75) is 129 Å². The molecule has 0 aliphatic carbocycles. The lowest BCUT2D eigenvalue weighted by Gasteiger charge is -2.04. The molecule has 3 heterocycles. The topological polar surface area (TPSA) is 30.7 Å². The molecule has 0 unspecified atom stereocenters. The Morgan fingerprint density at radius 3 is 1.22 bits per heavy atom. The first-order valence-electron chi connectivity index (χ1n) is 16.0. The Balaban J connectivity index is 1.12. The van der Waals surface area contributed by atoms with Crippen LogP contribution < -0.4 is 0 Å². The zero-order valence-electron chi connectivity index (χ0n) is 24.8. The Morgan fingerprint density at radius 1 is 0.512 bits per heavy atom. The molecule has 4 rings (SSSR count). The number of nitrogens with zero attached hydrogens (tertiary/aromatic N) is 3. The molecule has 3 nitrogen and oxygen atoms in total. The van der Waals surface area contributed by atoms with E-state index in [-0.39, 0.29) is 0 Å². The van der Waals surface area contributed by atoms with Crippen molar-refractivity contribution in [2.75, 3.05) is 0 Å². The Kier molecular flexibility index (Phi) is 14.9. The molecule has 4 aromatic rings. The SMILES string of the molecule is CCCCCCCCCCCCCCCCCCCCn1nc2c(-c3ccc(Br)s3)ccc(-c3ccc(Br)s3)c2n1. The van der Waals surface area contributed by atoms with Crippen LogP contribution in [0.5, 0.6) is 0 Å². The summed E-state index contributed by atoms with van der Waals surface area (Å²) in [6, 6.07) is 13.0. The quantitative estimate of drug-likeness (QED) is 0.0802. The molecule has 7 heteroatoms. The second kappa shape index (κ2) is 18.6. The molecule has 0 radical (unpaired) electrons. The number of rotatable bonds is 21. The molecule has 0 N–H and O–H groups in total. The molecule has 0 fully saturated rings. The molecule has 41 heavy (non-hydrogen) atoms. The molecule has 0 aliphatic rings. The van der Waals surface area contributed by atoms with E-state index in [1.807, 2.05) is 4.80 Å². The maximum Gasteiger partial charge on any atom is 0.122 e. The van der Waals surface area contributed by atoms with Gasteiger partial charge in [0.1, 0.15) is 11.0 Å². The number of fused-ring (bicyclic) bond motifs is 1. The van der Waals surface area contributed by atoms with Crippen molar-refractivity contribution < 1.29 is 0 Å². The zero-order chi connectivity index (χ0) is 28.7. The van der Waals surface area contributed by atoms with Gasteiger partial charge in [0.15, 0.2) is 0 Å². The van der Waals surface area contributed by atoms with E-state index in [0.717, 1.165) is 31.6 Å². The van der Waals surface area contributed by atoms with Crippen LogP contribution in [-0.2, 0) is 6.54 Å². The van der Waals surface area contributed by atoms with Crippen LogP contribution in [0.2, 0.25) is 0 Å². The summed E-state index contributed by atoms with van der Waals surface area (Å²) in [6.45, 7) is 3.18. The Bertz CT molecular complexity index is 1220. The van der Waals surface area contributed by atoms with Gasteiger partial charge in [-0.25, -0.2) is 0 Å². The Labute approximate surface area is 272 Å². The number of hydrogen-bond acceptors (Lipinski definition) is 4. The van der Waals surface area contributed by atoms with Gasteiger partial charge in [-0.1, -0.05) is 128 Å². The van der Waals surface area contributed by atoms with E-state index >= 15 is 0 Å². The minimum Gasteiger partial charge on any atom is -0.184 e. The highest BCUT2D eigenvalue weighted by atomic mass is 79.9. The fourth-order valence-corrected chi connectivity index (χ4v) is 8.43. The predicted octanol–water partition coefficient (Wildman–Crippen LogP) is 13.5. The summed E-state index contributed by atoms with van der Waals surface area (Å²) >= 11 is 10.7. The molecular weight excluding hydrogens is 674 g/mol. The number of aromatic nitrogens is 3. The van der Waals surface area contributed by atoms with E-state index in [9.17, 15) is 0 Å². The number of aryl methyl sites for hydroxylation is 1. The van der Waals surface area contributed by atoms with Crippen molar-refractivity contribution in [3.63, 3.8) is 0 Å². The predicted molar refractivity (Wildman–Crippen MR) is 188 cm³/mol. The van der Waals surface area contributed by atoms with E-state index in [1.54, 1.807) is 22.7 Å². The first-order chi connectivity index (χ1) is 20.2. The van der Waals surface area contributed by atoms with Gasteiger partial charge in [0.25, 0.3) is 0 Å². The van der Waals surface area contributed by atoms with Crippen LogP contribution in [0, 0.1) is 0 Å². The molecule has 0 atom stereocenters. The number of unbranched alkanes of at least 4 members (excludes halogenated alkanes) is 17. The van der Waals surface area contributed by atoms with Gasteiger partial charge in [-0.15, -0.1) is 22.7 Å². The molecular formula is C34H47Br2N3S2. The molecule has 0 amide bonds. The third-order valence-corrected chi connectivity index (χ3v) is 11.3. The van der Waals surface area contributed by atoms with Crippen molar-refractivity contribution in [1.82, 2.24) is 15.0 Å². The third-order valence-electron chi connectivity index (χ3n) is 7.97. The Morgan fingerprint density at radius 2 is 0.878 bits per heavy atom. The van der Waals surface area contributed by atoms with Gasteiger partial charge in [0.05, 0.1) is 14.1 Å². The lowest BCUT2D eigenvalue weighted by Crippen LogP contribution is -2.02. The summed E-state index contributed by atoms with van der Waals surface area (Å²) in [4.78, 5) is 4.39. The van der Waals surface area contributed by atoms with Crippen LogP contribution in [0.1, 0.15) is 122 Å². The van der Waals surface area contributed by atoms with Gasteiger partial charge < -0.3 is 0 Å². The van der Waals surface area contributed by atoms with Gasteiger partial charge >= 0.3 is 0 Å². The van der Waals surface area contributed by atoms with Gasteiger partial charge in [-0.3, -0.25) is 0 Å². The van der Waals surface area contributed by atoms with Crippen LogP contribution in [0.25, 0.3) is 31.9 Å². The van der Waals surface area contributed by atoms with Crippen molar-refractivity contribution in [1.29, 1.82) is 0 Å². The van der Waals surface area contributed by atoms with Gasteiger partial charge in [0.2, 0.25) is 0 Å². The maximum absolute atomic E-state index is 5.00. The number of benzene rings is 1. The number of halogens is 2. The highest BCUT2D eigenvalue weighted by Crippen LogP contribution is 2.40. The van der Waals surface area contributed by atoms with Crippen LogP contribution in [0.3, 0.4) is 0 Å². The van der Waals surface area contributed by atoms with Crippen LogP contribution >= 0.6 is 54.5 Å². The standard InChI is InChI=1S/C34H47Br2N3S2/c1-2-3-4-5-6-7-8-9-10-11-12-13-14-15-16-17-18-19-26-39-37-33-27(29-22-24-31(35)40-29)20-21-28(34(33)38-39)30-23-25-32(36)41-30/h20-25H,2-19,26H2,1H3. The van der Waals surface area contributed by atoms with Crippen LogP contribution in [0.4, 0.5) is 0 Å². The van der Waals surface area contributed by atoms with Gasteiger partial charge in [-0.05, 0) is 62.5 Å². The lowest BCUT2D eigenvalue weighted by molar-refractivity contribution is 0.482. The van der Waals surface area contributed by atoms with Crippen molar-refractivity contribution in [3.05, 3.63) is 44.0 Å². The highest BCUT2D eigenvalue weighted by Gasteiger charge is 2.17. The summed E-state index contributed by atoms with van der Waals surface area (Å²) < 4.78 is 2.27. The minimum atomic E-state index is 0.884. The van der Waals surface area contributed by atoms with Crippen molar-refractivity contribution in [3.8, 4) is 20.9 Å². The van der Waals surface area contributed by atoms with Crippen LogP contribution in [0.15, 0.2) is 44.0 Å². The highest BCUT2D eigenvalue weighted by molar-refractivity contribution is 9.11. The molecule has 1 aromatic carbocycles. The first kappa shape index (κ1) is 32.9. The Hall–Kier alpha value is -1.02. The summed E-state index contributed by atoms with van der Waals surface area (Å²) in [5.74, 6) is 0. The normalized spacial score (nSPS) is 11.7. The van der Waals surface area contributed by atoms with E-state index < -0.39 is 0 Å². The summed E-state index contributed by atoms with van der Waals surface area (Å²) in [6.07, 6.45) is 25.1. The summed E-state index contributed by atoms with van der Waals surface area (Å²) in [5.41, 5.74) is 4.34. The molecule has 0 saturated carbocycles. The first-order valence-corrected chi connectivity index (χ1v) is 19.3. The third kappa shape index (κ3) is 10.9. The second-order valence-corrected chi connectivity index (χ2v) is 16.3. The van der Waals surface area contributed by atoms with Gasteiger partial charge in [-0.2, -0.15) is 15.0 Å². The van der Waals surface area contributed by atoms with E-state index in [4.69, 9.17) is 10.2 Å². The average Bonchev–Trinajstić information content (AvgIpc) is 3.71. The molecule has 224 valence electrons. The van der Waals surface area contributed by atoms with E-state index in [0.29, 0.717) is 0 Å². The summed E-state index contributed by atoms with van der Waals surface area (Å²) in [5, 5.41) is 9.99. The van der Waals surface area contributed by atoms with Crippen molar-refractivity contribution in [2.24, 2.45) is 0 Å². The average molecular weight is 722 g/mol. The second-order valence-electron chi connectivity index (χ2n) is 11.4. The molecule has 0 aliphatic heterocycles. The largest absolute Gasteiger partial charge is 0.184 e. The number of hydrogen-bond donors (Lipinski definition) is 0. The fraction of sp³-hybridized carbons (Fsp3) is 0.588. The number of thiophene rings is 2. The van der Waals surface area contributed by atoms with E-state index in [2.05, 4.69) is 75.2 Å². The fourth-order valence-electron chi connectivity index (χ4n) is 5.61. The molecule has 0 saturated heterocycles. The zero-order valence-corrected chi connectivity index (χ0v) is 29.6. The van der Waals surface area contributed by atoms with Crippen molar-refractivity contribution >= 4 is 65.6 Å². The van der Waals surface area contributed by atoms with Crippen LogP contribution in [-0.4, -0.2) is 15.0 Å². The minimum absolute atomic E-state index is 0.884.